The zero-order valence-corrected chi connectivity index (χ0v) is 16.9. The third kappa shape index (κ3) is 3.56. The van der Waals surface area contributed by atoms with Crippen LogP contribution < -0.4 is 5.32 Å². The molecule has 29 heavy (non-hydrogen) atoms. The molecule has 0 saturated carbocycles. The number of aromatic nitrogens is 3. The fourth-order valence-corrected chi connectivity index (χ4v) is 5.07. The van der Waals surface area contributed by atoms with E-state index in [4.69, 9.17) is 4.42 Å². The molecule has 0 bridgehead atoms. The molecule has 3 aromatic heterocycles. The Morgan fingerprint density at radius 3 is 2.59 bits per heavy atom. The lowest BCUT2D eigenvalue weighted by atomic mass is 10.1. The molecule has 10 heteroatoms. The topological polar surface area (TPSA) is 121 Å². The molecular weight excluding hydrogens is 394 g/mol. The summed E-state index contributed by atoms with van der Waals surface area (Å²) >= 11 is 0. The average Bonchev–Trinajstić information content (AvgIpc) is 3.44. The summed E-state index contributed by atoms with van der Waals surface area (Å²) in [5.41, 5.74) is 2.40. The Morgan fingerprint density at radius 2 is 1.90 bits per heavy atom. The van der Waals surface area contributed by atoms with Crippen molar-refractivity contribution in [3.05, 3.63) is 47.7 Å². The fourth-order valence-electron chi connectivity index (χ4n) is 3.39. The molecule has 9 nitrogen and oxygen atoms in total. The first-order chi connectivity index (χ1) is 13.9. The van der Waals surface area contributed by atoms with Crippen LogP contribution >= 0.6 is 0 Å². The molecule has 1 saturated heterocycles. The van der Waals surface area contributed by atoms with Crippen molar-refractivity contribution >= 4 is 21.7 Å². The molecule has 0 aliphatic carbocycles. The van der Waals surface area contributed by atoms with Crippen molar-refractivity contribution in [2.24, 2.45) is 0 Å². The Kier molecular flexibility index (Phi) is 4.97. The van der Waals surface area contributed by atoms with Gasteiger partial charge in [-0.3, -0.25) is 14.9 Å². The summed E-state index contributed by atoms with van der Waals surface area (Å²) in [5.74, 6) is -0.0990. The number of rotatable bonds is 5. The first-order valence-electron chi connectivity index (χ1n) is 9.25. The molecule has 1 fully saturated rings. The van der Waals surface area contributed by atoms with Crippen LogP contribution in [0.5, 0.6) is 0 Å². The second kappa shape index (κ2) is 7.45. The predicted molar refractivity (Wildman–Crippen MR) is 106 cm³/mol. The molecule has 152 valence electrons. The van der Waals surface area contributed by atoms with Gasteiger partial charge in [-0.1, -0.05) is 0 Å². The van der Waals surface area contributed by atoms with Gasteiger partial charge >= 0.3 is 0 Å². The zero-order chi connectivity index (χ0) is 20.6. The van der Waals surface area contributed by atoms with Gasteiger partial charge in [0, 0.05) is 42.7 Å². The van der Waals surface area contributed by atoms with Crippen molar-refractivity contribution in [3.63, 3.8) is 0 Å². The molecule has 1 aliphatic heterocycles. The van der Waals surface area contributed by atoms with Crippen molar-refractivity contribution in [3.8, 4) is 11.3 Å². The smallest absolute Gasteiger partial charge is 0.292 e. The van der Waals surface area contributed by atoms with Gasteiger partial charge in [-0.25, -0.2) is 8.42 Å². The van der Waals surface area contributed by atoms with E-state index in [0.29, 0.717) is 18.9 Å². The Bertz CT molecular complexity index is 1140. The highest BCUT2D eigenvalue weighted by Gasteiger charge is 2.32. The summed E-state index contributed by atoms with van der Waals surface area (Å²) in [6.45, 7) is 4.34. The minimum absolute atomic E-state index is 0.0285. The van der Waals surface area contributed by atoms with Crippen molar-refractivity contribution in [2.45, 2.75) is 31.6 Å². The van der Waals surface area contributed by atoms with Crippen molar-refractivity contribution < 1.29 is 17.6 Å². The summed E-state index contributed by atoms with van der Waals surface area (Å²) < 4.78 is 32.4. The fraction of sp³-hybridized carbons (Fsp3) is 0.316. The third-order valence-corrected chi connectivity index (χ3v) is 7.00. The summed E-state index contributed by atoms with van der Waals surface area (Å²) in [5, 5.41) is 9.73. The van der Waals surface area contributed by atoms with E-state index < -0.39 is 15.9 Å². The molecule has 0 aromatic carbocycles. The van der Waals surface area contributed by atoms with Gasteiger partial charge in [0.05, 0.1) is 5.69 Å². The van der Waals surface area contributed by atoms with E-state index in [1.54, 1.807) is 19.3 Å². The van der Waals surface area contributed by atoms with Crippen LogP contribution in [0.2, 0.25) is 0 Å². The van der Waals surface area contributed by atoms with Crippen LogP contribution in [0.3, 0.4) is 0 Å². The molecule has 4 rings (SSSR count). The monoisotopic (exact) mass is 415 g/mol. The van der Waals surface area contributed by atoms with Crippen molar-refractivity contribution in [2.75, 3.05) is 18.4 Å². The molecule has 4 heterocycles. The molecule has 1 amide bonds. The number of hydrogen-bond donors (Lipinski definition) is 2. The number of pyridine rings is 1. The number of carbonyl (C=O) groups excluding carboxylic acids is 1. The largest absolute Gasteiger partial charge is 0.455 e. The number of anilines is 1. The van der Waals surface area contributed by atoms with Gasteiger partial charge in [-0.2, -0.15) is 9.40 Å². The van der Waals surface area contributed by atoms with Crippen molar-refractivity contribution in [1.29, 1.82) is 0 Å². The first kappa shape index (κ1) is 19.3. The van der Waals surface area contributed by atoms with Crippen LogP contribution in [0.25, 0.3) is 11.3 Å². The summed E-state index contributed by atoms with van der Waals surface area (Å²) in [6, 6.07) is 4.94. The summed E-state index contributed by atoms with van der Waals surface area (Å²) in [6.07, 6.45) is 5.01. The van der Waals surface area contributed by atoms with E-state index in [1.807, 2.05) is 19.1 Å². The number of aryl methyl sites for hydroxylation is 1. The van der Waals surface area contributed by atoms with E-state index in [0.717, 1.165) is 29.7 Å². The van der Waals surface area contributed by atoms with E-state index in [2.05, 4.69) is 20.5 Å². The minimum atomic E-state index is -3.66. The predicted octanol–water partition coefficient (Wildman–Crippen LogP) is 2.72. The quantitative estimate of drug-likeness (QED) is 0.661. The summed E-state index contributed by atoms with van der Waals surface area (Å²) in [4.78, 5) is 16.7. The van der Waals surface area contributed by atoms with Crippen LogP contribution in [0, 0.1) is 13.8 Å². The minimum Gasteiger partial charge on any atom is -0.455 e. The van der Waals surface area contributed by atoms with Gasteiger partial charge in [-0.15, -0.1) is 0 Å². The SMILES string of the molecule is Cc1oc(C(=O)Nc2n[nH]c(-c3ccncc3)c2C)cc1S(=O)(=O)N1CCCC1. The maximum atomic E-state index is 12.8. The van der Waals surface area contributed by atoms with Crippen LogP contribution in [-0.2, 0) is 10.0 Å². The number of furan rings is 1. The number of nitrogens with one attached hydrogen (secondary N) is 2. The Labute approximate surface area is 168 Å². The lowest BCUT2D eigenvalue weighted by Gasteiger charge is -2.14. The average molecular weight is 415 g/mol. The van der Waals surface area contributed by atoms with Gasteiger partial charge in [0.25, 0.3) is 5.91 Å². The molecule has 0 atom stereocenters. The highest BCUT2D eigenvalue weighted by Crippen LogP contribution is 2.28. The van der Waals surface area contributed by atoms with Gasteiger partial charge in [0.15, 0.2) is 11.6 Å². The molecule has 2 N–H and O–H groups in total. The van der Waals surface area contributed by atoms with Gasteiger partial charge < -0.3 is 9.73 Å². The van der Waals surface area contributed by atoms with E-state index in [-0.39, 0.29) is 16.4 Å². The van der Waals surface area contributed by atoms with Crippen LogP contribution in [-0.4, -0.2) is 46.9 Å². The molecule has 3 aromatic rings. The second-order valence-corrected chi connectivity index (χ2v) is 8.81. The van der Waals surface area contributed by atoms with Crippen molar-refractivity contribution in [1.82, 2.24) is 19.5 Å². The maximum Gasteiger partial charge on any atom is 0.292 e. The van der Waals surface area contributed by atoms with Crippen LogP contribution in [0.15, 0.2) is 39.9 Å². The number of sulfonamides is 1. The lowest BCUT2D eigenvalue weighted by molar-refractivity contribution is 0.0995. The highest BCUT2D eigenvalue weighted by molar-refractivity contribution is 7.89. The zero-order valence-electron chi connectivity index (χ0n) is 16.1. The first-order valence-corrected chi connectivity index (χ1v) is 10.7. The third-order valence-electron chi connectivity index (χ3n) is 4.99. The Balaban J connectivity index is 1.57. The van der Waals surface area contributed by atoms with E-state index in [9.17, 15) is 13.2 Å². The van der Waals surface area contributed by atoms with Crippen LogP contribution in [0.1, 0.15) is 34.7 Å². The maximum absolute atomic E-state index is 12.8. The lowest BCUT2D eigenvalue weighted by Crippen LogP contribution is -2.28. The van der Waals surface area contributed by atoms with E-state index >= 15 is 0 Å². The summed E-state index contributed by atoms with van der Waals surface area (Å²) in [7, 11) is -3.66. The van der Waals surface area contributed by atoms with Crippen LogP contribution in [0.4, 0.5) is 5.82 Å². The molecule has 0 spiro atoms. The molecular formula is C19H21N5O4S. The Morgan fingerprint density at radius 1 is 1.21 bits per heavy atom. The number of nitrogens with zero attached hydrogens (tertiary/aromatic N) is 3. The van der Waals surface area contributed by atoms with E-state index in [1.165, 1.54) is 10.4 Å². The number of hydrogen-bond acceptors (Lipinski definition) is 6. The highest BCUT2D eigenvalue weighted by atomic mass is 32.2. The number of carbonyl (C=O) groups is 1. The molecule has 1 aliphatic rings. The van der Waals surface area contributed by atoms with Gasteiger partial charge in [0.2, 0.25) is 10.0 Å². The standard InChI is InChI=1S/C19H21N5O4S/c1-12-17(14-5-7-20-8-6-14)22-23-18(12)21-19(25)15-11-16(13(2)28-15)29(26,27)24-9-3-4-10-24/h5-8,11H,3-4,9-10H2,1-2H3,(H2,21,22,23,25). The Hall–Kier alpha value is -2.98. The molecule has 0 radical (unpaired) electrons. The normalized spacial score (nSPS) is 15.0. The molecule has 0 unspecified atom stereocenters. The van der Waals surface area contributed by atoms with Gasteiger partial charge in [0.1, 0.15) is 10.7 Å². The van der Waals surface area contributed by atoms with Gasteiger partial charge in [-0.05, 0) is 38.8 Å². The number of aromatic amines is 1. The second-order valence-electron chi connectivity index (χ2n) is 6.90. The number of H-pyrrole nitrogens is 1. The number of amides is 1.